The number of sulfone groups is 1. The Hall–Kier alpha value is -2.54. The van der Waals surface area contributed by atoms with Crippen molar-refractivity contribution < 1.29 is 17.9 Å². The zero-order valence-electron chi connectivity index (χ0n) is 12.2. The van der Waals surface area contributed by atoms with E-state index in [-0.39, 0.29) is 10.8 Å². The fourth-order valence-corrected chi connectivity index (χ4v) is 2.49. The second-order valence-electron chi connectivity index (χ2n) is 4.71. The van der Waals surface area contributed by atoms with E-state index in [2.05, 4.69) is 5.32 Å². The number of nitrogens with two attached hydrogens (primary N) is 1. The third-order valence-electron chi connectivity index (χ3n) is 3.02. The number of nitrogen functional groups attached to an aromatic ring is 1. The van der Waals surface area contributed by atoms with Gasteiger partial charge in [0.05, 0.1) is 17.7 Å². The van der Waals surface area contributed by atoms with Crippen LogP contribution in [0.1, 0.15) is 10.4 Å². The molecule has 0 radical (unpaired) electrons. The number of benzene rings is 2. The van der Waals surface area contributed by atoms with Gasteiger partial charge >= 0.3 is 0 Å². The van der Waals surface area contributed by atoms with E-state index in [1.807, 2.05) is 0 Å². The quantitative estimate of drug-likeness (QED) is 0.839. The lowest BCUT2D eigenvalue weighted by molar-refractivity contribution is 0.102. The lowest BCUT2D eigenvalue weighted by Gasteiger charge is -2.11. The summed E-state index contributed by atoms with van der Waals surface area (Å²) >= 11 is 0. The summed E-state index contributed by atoms with van der Waals surface area (Å²) < 4.78 is 27.9. The molecule has 22 heavy (non-hydrogen) atoms. The van der Waals surface area contributed by atoms with Crippen LogP contribution in [-0.2, 0) is 9.84 Å². The van der Waals surface area contributed by atoms with Gasteiger partial charge in [0.1, 0.15) is 5.75 Å². The fraction of sp³-hybridized carbons (Fsp3) is 0.133. The van der Waals surface area contributed by atoms with Gasteiger partial charge in [-0.05, 0) is 36.4 Å². The number of anilines is 2. The minimum atomic E-state index is -3.29. The number of nitrogens with one attached hydrogen (secondary N) is 1. The lowest BCUT2D eigenvalue weighted by Crippen LogP contribution is -2.13. The summed E-state index contributed by atoms with van der Waals surface area (Å²) in [7, 11) is -1.81. The molecule has 0 unspecified atom stereocenters. The minimum absolute atomic E-state index is 0.161. The SMILES string of the molecule is COc1cc(N)ccc1NC(=O)c1ccc(S(C)(=O)=O)cc1. The standard InChI is InChI=1S/C15H16N2O4S/c1-21-14-9-11(16)5-8-13(14)17-15(18)10-3-6-12(7-4-10)22(2,19)20/h3-9H,16H2,1-2H3,(H,17,18). The van der Waals surface area contributed by atoms with E-state index in [0.717, 1.165) is 6.26 Å². The van der Waals surface area contributed by atoms with Gasteiger partial charge in [-0.3, -0.25) is 4.79 Å². The number of hydrogen-bond donors (Lipinski definition) is 2. The Morgan fingerprint density at radius 2 is 1.77 bits per heavy atom. The molecule has 2 aromatic carbocycles. The van der Waals surface area contributed by atoms with Gasteiger partial charge < -0.3 is 15.8 Å². The van der Waals surface area contributed by atoms with E-state index in [1.165, 1.54) is 31.4 Å². The first-order chi connectivity index (χ1) is 10.3. The van der Waals surface area contributed by atoms with Gasteiger partial charge in [-0.1, -0.05) is 0 Å². The molecule has 0 bridgehead atoms. The van der Waals surface area contributed by atoms with Crippen molar-refractivity contribution in [3.8, 4) is 5.75 Å². The van der Waals surface area contributed by atoms with E-state index in [1.54, 1.807) is 18.2 Å². The second-order valence-corrected chi connectivity index (χ2v) is 6.73. The molecule has 0 aromatic heterocycles. The Morgan fingerprint density at radius 1 is 1.14 bits per heavy atom. The molecule has 0 saturated carbocycles. The highest BCUT2D eigenvalue weighted by molar-refractivity contribution is 7.90. The minimum Gasteiger partial charge on any atom is -0.494 e. The van der Waals surface area contributed by atoms with Crippen LogP contribution in [0.25, 0.3) is 0 Å². The van der Waals surface area contributed by atoms with Crippen molar-refractivity contribution in [2.45, 2.75) is 4.90 Å². The van der Waals surface area contributed by atoms with Crippen molar-refractivity contribution in [3.05, 3.63) is 48.0 Å². The first-order valence-corrected chi connectivity index (χ1v) is 8.25. The van der Waals surface area contributed by atoms with Crippen LogP contribution >= 0.6 is 0 Å². The molecule has 0 heterocycles. The molecule has 0 aliphatic heterocycles. The van der Waals surface area contributed by atoms with E-state index in [4.69, 9.17) is 10.5 Å². The normalized spacial score (nSPS) is 11.0. The number of ether oxygens (including phenoxy) is 1. The van der Waals surface area contributed by atoms with Crippen LogP contribution in [0.2, 0.25) is 0 Å². The Balaban J connectivity index is 2.23. The Labute approximate surface area is 128 Å². The molecular formula is C15H16N2O4S. The molecule has 2 rings (SSSR count). The van der Waals surface area contributed by atoms with Gasteiger partial charge in [0.2, 0.25) is 0 Å². The average molecular weight is 320 g/mol. The monoisotopic (exact) mass is 320 g/mol. The maximum atomic E-state index is 12.2. The third-order valence-corrected chi connectivity index (χ3v) is 4.15. The van der Waals surface area contributed by atoms with Gasteiger partial charge in [-0.25, -0.2) is 8.42 Å². The molecule has 0 fully saturated rings. The molecular weight excluding hydrogens is 304 g/mol. The Kier molecular flexibility index (Phi) is 4.37. The van der Waals surface area contributed by atoms with Crippen LogP contribution in [0, 0.1) is 0 Å². The van der Waals surface area contributed by atoms with Crippen LogP contribution in [0.15, 0.2) is 47.4 Å². The van der Waals surface area contributed by atoms with Crippen molar-refractivity contribution in [1.82, 2.24) is 0 Å². The molecule has 0 spiro atoms. The molecule has 1 amide bonds. The molecule has 0 saturated heterocycles. The number of amides is 1. The Morgan fingerprint density at radius 3 is 2.32 bits per heavy atom. The zero-order valence-corrected chi connectivity index (χ0v) is 13.0. The summed E-state index contributed by atoms with van der Waals surface area (Å²) in [6.45, 7) is 0. The number of carbonyl (C=O) groups excluding carboxylic acids is 1. The lowest BCUT2D eigenvalue weighted by atomic mass is 10.2. The van der Waals surface area contributed by atoms with Crippen molar-refractivity contribution in [2.24, 2.45) is 0 Å². The van der Waals surface area contributed by atoms with Gasteiger partial charge in [-0.2, -0.15) is 0 Å². The van der Waals surface area contributed by atoms with Crippen molar-refractivity contribution in [2.75, 3.05) is 24.4 Å². The first-order valence-electron chi connectivity index (χ1n) is 6.36. The number of methoxy groups -OCH3 is 1. The average Bonchev–Trinajstić information content (AvgIpc) is 2.48. The molecule has 7 heteroatoms. The van der Waals surface area contributed by atoms with Crippen LogP contribution in [-0.4, -0.2) is 27.7 Å². The highest BCUT2D eigenvalue weighted by Crippen LogP contribution is 2.27. The van der Waals surface area contributed by atoms with Crippen molar-refractivity contribution in [3.63, 3.8) is 0 Å². The number of carbonyl (C=O) groups is 1. The molecule has 3 N–H and O–H groups in total. The maximum absolute atomic E-state index is 12.2. The summed E-state index contributed by atoms with van der Waals surface area (Å²) in [5.74, 6) is 0.0734. The smallest absolute Gasteiger partial charge is 0.255 e. The van der Waals surface area contributed by atoms with E-state index < -0.39 is 9.84 Å². The summed E-state index contributed by atoms with van der Waals surface area (Å²) in [5, 5.41) is 2.69. The maximum Gasteiger partial charge on any atom is 0.255 e. The molecule has 6 nitrogen and oxygen atoms in total. The van der Waals surface area contributed by atoms with Crippen molar-refractivity contribution in [1.29, 1.82) is 0 Å². The molecule has 0 atom stereocenters. The van der Waals surface area contributed by atoms with Crippen molar-refractivity contribution >= 4 is 27.1 Å². The van der Waals surface area contributed by atoms with E-state index >= 15 is 0 Å². The fourth-order valence-electron chi connectivity index (χ4n) is 1.86. The summed E-state index contributed by atoms with van der Waals surface area (Å²) in [6.07, 6.45) is 1.11. The van der Waals surface area contributed by atoms with Crippen LogP contribution in [0.5, 0.6) is 5.75 Å². The topological polar surface area (TPSA) is 98.5 Å². The van der Waals surface area contributed by atoms with Crippen LogP contribution in [0.3, 0.4) is 0 Å². The van der Waals surface area contributed by atoms with E-state index in [0.29, 0.717) is 22.7 Å². The zero-order chi connectivity index (χ0) is 16.3. The van der Waals surface area contributed by atoms with Gasteiger partial charge in [0.15, 0.2) is 9.84 Å². The number of rotatable bonds is 4. The largest absolute Gasteiger partial charge is 0.494 e. The molecule has 0 aliphatic rings. The second kappa shape index (κ2) is 6.07. The molecule has 116 valence electrons. The van der Waals surface area contributed by atoms with Gasteiger partial charge in [0.25, 0.3) is 5.91 Å². The summed E-state index contributed by atoms with van der Waals surface area (Å²) in [6, 6.07) is 10.6. The molecule has 0 aliphatic carbocycles. The van der Waals surface area contributed by atoms with E-state index in [9.17, 15) is 13.2 Å². The Bertz CT molecular complexity index is 799. The first kappa shape index (κ1) is 15.8. The highest BCUT2D eigenvalue weighted by atomic mass is 32.2. The highest BCUT2D eigenvalue weighted by Gasteiger charge is 2.12. The third kappa shape index (κ3) is 3.56. The van der Waals surface area contributed by atoms with Crippen LogP contribution < -0.4 is 15.8 Å². The summed E-state index contributed by atoms with van der Waals surface area (Å²) in [5.41, 5.74) is 6.99. The predicted octanol–water partition coefficient (Wildman–Crippen LogP) is 1.93. The summed E-state index contributed by atoms with van der Waals surface area (Å²) in [4.78, 5) is 12.3. The predicted molar refractivity (Wildman–Crippen MR) is 84.9 cm³/mol. The number of hydrogen-bond acceptors (Lipinski definition) is 5. The van der Waals surface area contributed by atoms with Crippen LogP contribution in [0.4, 0.5) is 11.4 Å². The van der Waals surface area contributed by atoms with Gasteiger partial charge in [-0.15, -0.1) is 0 Å². The van der Waals surface area contributed by atoms with Gasteiger partial charge in [0, 0.05) is 23.6 Å². The molecule has 2 aromatic rings.